The lowest BCUT2D eigenvalue weighted by molar-refractivity contribution is -0.122. The first-order chi connectivity index (χ1) is 36.4. The van der Waals surface area contributed by atoms with Crippen molar-refractivity contribution in [3.8, 4) is 22.3 Å². The van der Waals surface area contributed by atoms with Gasteiger partial charge in [-0.15, -0.1) is 0 Å². The van der Waals surface area contributed by atoms with Crippen molar-refractivity contribution >= 4 is 35.9 Å². The molecule has 2 aliphatic heterocycles. The summed E-state index contributed by atoms with van der Waals surface area (Å²) in [6.45, 7) is 6.64. The Morgan fingerprint density at radius 3 is 1.42 bits per heavy atom. The van der Waals surface area contributed by atoms with E-state index in [9.17, 15) is 19.2 Å². The zero-order chi connectivity index (χ0) is 51.2. The molecule has 0 saturated carbocycles. The van der Waals surface area contributed by atoms with Crippen LogP contribution in [0.1, 0.15) is 137 Å². The SMILES string of the molecule is O=C(CN(CCCCCCNC(=O)OCC1c2ccccc2-c2ccccc21)CCCCCCNC(=O)OCC1c2ccccc2-c2ccccc21)NCCCCCCNCCCCC[C@@H]1SC[C@@H]2NC(=O)N[C@@H]21. The van der Waals surface area contributed by atoms with E-state index in [-0.39, 0.29) is 36.0 Å². The van der Waals surface area contributed by atoms with Crippen LogP contribution in [-0.2, 0) is 14.3 Å². The summed E-state index contributed by atoms with van der Waals surface area (Å²) in [5, 5.41) is 19.4. The fourth-order valence-electron chi connectivity index (χ4n) is 11.3. The van der Waals surface area contributed by atoms with Gasteiger partial charge >= 0.3 is 18.2 Å². The minimum absolute atomic E-state index is 0.00512. The van der Waals surface area contributed by atoms with Crippen LogP contribution in [0.2, 0.25) is 0 Å². The number of carbonyl (C=O) groups excluding carboxylic acids is 4. The number of carbonyl (C=O) groups is 4. The summed E-state index contributed by atoms with van der Waals surface area (Å²) in [6.07, 6.45) is 16.1. The first-order valence-corrected chi connectivity index (χ1v) is 29.0. The molecule has 0 spiro atoms. The average Bonchev–Trinajstić information content (AvgIpc) is 4.16. The van der Waals surface area contributed by atoms with Crippen LogP contribution in [0.25, 0.3) is 22.3 Å². The van der Waals surface area contributed by atoms with E-state index < -0.39 is 0 Å². The molecule has 4 aromatic carbocycles. The third-order valence-electron chi connectivity index (χ3n) is 15.3. The van der Waals surface area contributed by atoms with Crippen LogP contribution >= 0.6 is 11.8 Å². The van der Waals surface area contributed by atoms with Gasteiger partial charge in [0, 0.05) is 42.5 Å². The van der Waals surface area contributed by atoms with Gasteiger partial charge in [0.15, 0.2) is 0 Å². The molecule has 6 N–H and O–H groups in total. The summed E-state index contributed by atoms with van der Waals surface area (Å²) >= 11 is 2.00. The second kappa shape index (κ2) is 29.5. The molecule has 0 aromatic heterocycles. The summed E-state index contributed by atoms with van der Waals surface area (Å²) in [5.41, 5.74) is 9.67. The van der Waals surface area contributed by atoms with Crippen LogP contribution in [0.3, 0.4) is 0 Å². The molecule has 5 amide bonds. The standard InChI is InChI=1S/C60H81N7O6S/c68-56(62-35-19-2-1-17-33-61-34-18-7-8-32-55-57-54(43-74-55)65-58(69)66-57)40-67(38-22-5-3-20-36-63-59(70)72-41-52-48-28-13-9-24-44(48)45-25-10-14-29-49(45)52)39-23-6-4-21-37-64-60(71)73-42-53-50-30-15-11-26-46(50)47-27-12-16-31-51(47)53/h9-16,24-31,52-55,57,61H,1-8,17-23,32-43H2,(H,62,68)(H,63,70)(H,64,71)(H2,65,66,69)/t54-,55-,57-/m0/s1. The second-order valence-corrected chi connectivity index (χ2v) is 21.9. The van der Waals surface area contributed by atoms with Crippen molar-refractivity contribution in [2.45, 2.75) is 132 Å². The van der Waals surface area contributed by atoms with Crippen molar-refractivity contribution in [3.05, 3.63) is 119 Å². The van der Waals surface area contributed by atoms with E-state index in [1.54, 1.807) is 0 Å². The number of nitrogens with one attached hydrogen (secondary N) is 6. The van der Waals surface area contributed by atoms with Gasteiger partial charge in [-0.05, 0) is 122 Å². The Labute approximate surface area is 444 Å². The normalized spacial score (nSPS) is 17.2. The Morgan fingerprint density at radius 1 is 0.514 bits per heavy atom. The lowest BCUT2D eigenvalue weighted by Gasteiger charge is -2.22. The Morgan fingerprint density at radius 2 is 0.932 bits per heavy atom. The maximum absolute atomic E-state index is 13.2. The van der Waals surface area contributed by atoms with Crippen molar-refractivity contribution in [2.75, 3.05) is 71.3 Å². The molecule has 2 fully saturated rings. The molecule has 8 rings (SSSR count). The fourth-order valence-corrected chi connectivity index (χ4v) is 12.9. The number of rotatable bonds is 33. The highest BCUT2D eigenvalue weighted by molar-refractivity contribution is 8.00. The second-order valence-electron chi connectivity index (χ2n) is 20.6. The van der Waals surface area contributed by atoms with E-state index in [4.69, 9.17) is 9.47 Å². The average molecular weight is 1030 g/mol. The van der Waals surface area contributed by atoms with E-state index in [0.717, 1.165) is 109 Å². The number of hydrogen-bond acceptors (Lipinski definition) is 9. The number of hydrogen-bond donors (Lipinski definition) is 6. The minimum atomic E-state index is -0.375. The summed E-state index contributed by atoms with van der Waals surface area (Å²) < 4.78 is 11.5. The molecule has 4 aliphatic rings. The molecule has 2 heterocycles. The van der Waals surface area contributed by atoms with Crippen molar-refractivity contribution in [1.29, 1.82) is 0 Å². The quantitative estimate of drug-likeness (QED) is 0.0202. The Hall–Kier alpha value is -5.57. The Kier molecular flexibility index (Phi) is 21.8. The van der Waals surface area contributed by atoms with Gasteiger partial charge < -0.3 is 41.4 Å². The van der Waals surface area contributed by atoms with E-state index in [1.165, 1.54) is 70.2 Å². The van der Waals surface area contributed by atoms with Gasteiger partial charge in [0.25, 0.3) is 0 Å². The number of urea groups is 1. The largest absolute Gasteiger partial charge is 0.449 e. The van der Waals surface area contributed by atoms with E-state index in [2.05, 4.69) is 110 Å². The number of benzene rings is 4. The monoisotopic (exact) mass is 1030 g/mol. The number of fused-ring (bicyclic) bond motifs is 7. The molecule has 14 heteroatoms. The van der Waals surface area contributed by atoms with Crippen molar-refractivity contribution in [2.24, 2.45) is 0 Å². The molecule has 4 aromatic rings. The Bertz CT molecular complexity index is 2200. The molecule has 74 heavy (non-hydrogen) atoms. The van der Waals surface area contributed by atoms with Gasteiger partial charge in [0.1, 0.15) is 13.2 Å². The minimum Gasteiger partial charge on any atom is -0.449 e. The summed E-state index contributed by atoms with van der Waals surface area (Å²) in [7, 11) is 0. The number of nitrogens with zero attached hydrogens (tertiary/aromatic N) is 1. The van der Waals surface area contributed by atoms with E-state index in [1.807, 2.05) is 36.0 Å². The Balaban J connectivity index is 0.666. The number of ether oxygens (including phenoxy) is 2. The van der Waals surface area contributed by atoms with Crippen LogP contribution in [-0.4, -0.2) is 118 Å². The molecule has 3 atom stereocenters. The molecule has 2 aliphatic carbocycles. The number of alkyl carbamates (subject to hydrolysis) is 2. The third kappa shape index (κ3) is 16.0. The zero-order valence-corrected chi connectivity index (χ0v) is 44.3. The van der Waals surface area contributed by atoms with Crippen molar-refractivity contribution in [3.63, 3.8) is 0 Å². The summed E-state index contributed by atoms with van der Waals surface area (Å²) in [5.74, 6) is 1.19. The number of thioether (sulfide) groups is 1. The molecule has 0 bridgehead atoms. The summed E-state index contributed by atoms with van der Waals surface area (Å²) in [4.78, 5) is 52.5. The highest BCUT2D eigenvalue weighted by Gasteiger charge is 2.42. The first kappa shape index (κ1) is 54.7. The van der Waals surface area contributed by atoms with Gasteiger partial charge in [-0.2, -0.15) is 11.8 Å². The lowest BCUT2D eigenvalue weighted by Crippen LogP contribution is -2.38. The predicted molar refractivity (Wildman–Crippen MR) is 298 cm³/mol. The molecule has 13 nitrogen and oxygen atoms in total. The fraction of sp³-hybridized carbons (Fsp3) is 0.533. The molecular weight excluding hydrogens is 947 g/mol. The highest BCUT2D eigenvalue weighted by Crippen LogP contribution is 2.46. The van der Waals surface area contributed by atoms with Crippen LogP contribution in [0, 0.1) is 0 Å². The van der Waals surface area contributed by atoms with Crippen LogP contribution in [0.15, 0.2) is 97.1 Å². The zero-order valence-electron chi connectivity index (χ0n) is 43.5. The van der Waals surface area contributed by atoms with Gasteiger partial charge in [-0.25, -0.2) is 14.4 Å². The topological polar surface area (TPSA) is 162 Å². The van der Waals surface area contributed by atoms with Crippen LogP contribution < -0.4 is 31.9 Å². The number of unbranched alkanes of at least 4 members (excludes halogenated alkanes) is 11. The molecule has 398 valence electrons. The van der Waals surface area contributed by atoms with Crippen molar-refractivity contribution < 1.29 is 28.7 Å². The van der Waals surface area contributed by atoms with Crippen LogP contribution in [0.5, 0.6) is 0 Å². The van der Waals surface area contributed by atoms with Gasteiger partial charge in [-0.1, -0.05) is 148 Å². The maximum atomic E-state index is 13.2. The van der Waals surface area contributed by atoms with Crippen molar-refractivity contribution in [1.82, 2.24) is 36.8 Å². The molecule has 0 radical (unpaired) electrons. The van der Waals surface area contributed by atoms with Crippen LogP contribution in [0.4, 0.5) is 14.4 Å². The molecule has 2 saturated heterocycles. The summed E-state index contributed by atoms with van der Waals surface area (Å²) in [6, 6.07) is 34.1. The molecular formula is C60H81N7O6S. The lowest BCUT2D eigenvalue weighted by atomic mass is 9.98. The first-order valence-electron chi connectivity index (χ1n) is 28.0. The van der Waals surface area contributed by atoms with E-state index in [0.29, 0.717) is 56.7 Å². The number of amides is 5. The van der Waals surface area contributed by atoms with Gasteiger partial charge in [0.05, 0.1) is 18.6 Å². The van der Waals surface area contributed by atoms with Gasteiger partial charge in [-0.3, -0.25) is 9.69 Å². The van der Waals surface area contributed by atoms with Gasteiger partial charge in [0.2, 0.25) is 5.91 Å². The van der Waals surface area contributed by atoms with E-state index >= 15 is 0 Å². The third-order valence-corrected chi connectivity index (χ3v) is 16.8. The predicted octanol–water partition coefficient (Wildman–Crippen LogP) is 10.5. The smallest absolute Gasteiger partial charge is 0.407 e. The molecule has 0 unspecified atom stereocenters. The highest BCUT2D eigenvalue weighted by atomic mass is 32.2. The maximum Gasteiger partial charge on any atom is 0.407 e.